The predicted octanol–water partition coefficient (Wildman–Crippen LogP) is 5.09. The molecule has 0 fully saturated rings. The number of para-hydroxylation sites is 2. The lowest BCUT2D eigenvalue weighted by Gasteiger charge is -2.07. The number of hydrogen-bond acceptors (Lipinski definition) is 2. The zero-order valence-electron chi connectivity index (χ0n) is 14.2. The van der Waals surface area contributed by atoms with Gasteiger partial charge in [-0.2, -0.15) is 0 Å². The minimum atomic E-state index is 0.0723. The second kappa shape index (κ2) is 7.19. The smallest absolute Gasteiger partial charge is 0.182 e. The van der Waals surface area contributed by atoms with Gasteiger partial charge in [-0.3, -0.25) is 4.79 Å². The molecule has 0 saturated carbocycles. The second-order valence-corrected chi connectivity index (χ2v) is 6.08. The summed E-state index contributed by atoms with van der Waals surface area (Å²) in [5.74, 6) is 0.849. The summed E-state index contributed by atoms with van der Waals surface area (Å²) in [5, 5.41) is 0. The van der Waals surface area contributed by atoms with E-state index in [-0.39, 0.29) is 12.3 Å². The Hall–Kier alpha value is -3.46. The summed E-state index contributed by atoms with van der Waals surface area (Å²) in [6, 6.07) is 27.4. The molecule has 0 aliphatic heterocycles. The highest BCUT2D eigenvalue weighted by Gasteiger charge is 2.13. The molecule has 4 rings (SSSR count). The van der Waals surface area contributed by atoms with Gasteiger partial charge in [0.05, 0.1) is 17.6 Å². The molecule has 3 aromatic carbocycles. The van der Waals surface area contributed by atoms with Gasteiger partial charge in [0.25, 0.3) is 0 Å². The van der Waals surface area contributed by atoms with Gasteiger partial charge in [-0.15, -0.1) is 0 Å². The third kappa shape index (κ3) is 3.33. The van der Waals surface area contributed by atoms with Crippen molar-refractivity contribution < 1.29 is 4.79 Å². The maximum Gasteiger partial charge on any atom is 0.182 e. The fourth-order valence-corrected chi connectivity index (χ4v) is 2.98. The Morgan fingerprint density at radius 1 is 0.808 bits per heavy atom. The fourth-order valence-electron chi connectivity index (χ4n) is 2.98. The van der Waals surface area contributed by atoms with Crippen molar-refractivity contribution in [1.82, 2.24) is 9.55 Å². The van der Waals surface area contributed by atoms with Crippen LogP contribution in [0.4, 0.5) is 0 Å². The van der Waals surface area contributed by atoms with Gasteiger partial charge >= 0.3 is 0 Å². The number of aromatic nitrogens is 2. The zero-order valence-corrected chi connectivity index (χ0v) is 14.2. The first-order chi connectivity index (χ1) is 12.8. The van der Waals surface area contributed by atoms with Gasteiger partial charge in [-0.25, -0.2) is 4.98 Å². The van der Waals surface area contributed by atoms with Crippen molar-refractivity contribution in [1.29, 1.82) is 0 Å². The van der Waals surface area contributed by atoms with Crippen LogP contribution in [-0.2, 0) is 6.54 Å². The van der Waals surface area contributed by atoms with Crippen LogP contribution < -0.4 is 0 Å². The lowest BCUT2D eigenvalue weighted by molar-refractivity contribution is 0.0973. The van der Waals surface area contributed by atoms with Gasteiger partial charge in [0.2, 0.25) is 0 Å². The third-order valence-electron chi connectivity index (χ3n) is 4.31. The standard InChI is InChI=1S/C23H18N2O/c26-22(19-11-5-2-6-12-19)17-25-21-14-8-7-13-20(21)24-23(25)16-15-18-9-3-1-4-10-18/h1-16H,17H2/b16-15+. The number of carbonyl (C=O) groups is 1. The molecule has 1 heterocycles. The molecule has 0 bridgehead atoms. The van der Waals surface area contributed by atoms with Crippen molar-refractivity contribution in [2.24, 2.45) is 0 Å². The average Bonchev–Trinajstić information content (AvgIpc) is 3.05. The SMILES string of the molecule is O=C(Cn1c(/C=C/c2ccccc2)nc2ccccc21)c1ccccc1. The van der Waals surface area contributed by atoms with Crippen molar-refractivity contribution in [3.63, 3.8) is 0 Å². The molecule has 0 unspecified atom stereocenters. The molecule has 26 heavy (non-hydrogen) atoms. The Morgan fingerprint density at radius 2 is 1.46 bits per heavy atom. The van der Waals surface area contributed by atoms with E-state index in [9.17, 15) is 4.79 Å². The van der Waals surface area contributed by atoms with Crippen LogP contribution in [0.2, 0.25) is 0 Å². The van der Waals surface area contributed by atoms with E-state index in [4.69, 9.17) is 4.98 Å². The summed E-state index contributed by atoms with van der Waals surface area (Å²) in [6.07, 6.45) is 3.98. The van der Waals surface area contributed by atoms with Crippen LogP contribution in [0, 0.1) is 0 Å². The van der Waals surface area contributed by atoms with Crippen LogP contribution in [0.5, 0.6) is 0 Å². The minimum absolute atomic E-state index is 0.0723. The van der Waals surface area contributed by atoms with E-state index in [0.717, 1.165) is 22.4 Å². The number of nitrogens with zero attached hydrogens (tertiary/aromatic N) is 2. The Labute approximate surface area is 152 Å². The molecule has 0 saturated heterocycles. The number of benzene rings is 3. The van der Waals surface area contributed by atoms with E-state index in [1.165, 1.54) is 0 Å². The topological polar surface area (TPSA) is 34.9 Å². The molecule has 1 aromatic heterocycles. The highest BCUT2D eigenvalue weighted by atomic mass is 16.1. The number of imidazole rings is 1. The molecular formula is C23H18N2O. The summed E-state index contributed by atoms with van der Waals surface area (Å²) in [6.45, 7) is 0.263. The number of hydrogen-bond donors (Lipinski definition) is 0. The van der Waals surface area contributed by atoms with E-state index in [2.05, 4.69) is 0 Å². The normalized spacial score (nSPS) is 11.2. The first-order valence-electron chi connectivity index (χ1n) is 8.58. The number of ketones is 1. The van der Waals surface area contributed by atoms with Gasteiger partial charge in [0, 0.05) is 5.56 Å². The summed E-state index contributed by atoms with van der Waals surface area (Å²) in [4.78, 5) is 17.4. The lowest BCUT2D eigenvalue weighted by atomic mass is 10.1. The Morgan fingerprint density at radius 3 is 2.23 bits per heavy atom. The van der Waals surface area contributed by atoms with Gasteiger partial charge in [0.1, 0.15) is 5.82 Å². The van der Waals surface area contributed by atoms with Crippen LogP contribution in [0.3, 0.4) is 0 Å². The summed E-state index contributed by atoms with van der Waals surface area (Å²) >= 11 is 0. The van der Waals surface area contributed by atoms with Gasteiger partial charge in [-0.1, -0.05) is 78.9 Å². The predicted molar refractivity (Wildman–Crippen MR) is 106 cm³/mol. The maximum absolute atomic E-state index is 12.7. The molecular weight excluding hydrogens is 320 g/mol. The van der Waals surface area contributed by atoms with Crippen LogP contribution in [0.1, 0.15) is 21.7 Å². The molecule has 126 valence electrons. The number of fused-ring (bicyclic) bond motifs is 1. The first kappa shape index (κ1) is 16.0. The molecule has 4 aromatic rings. The van der Waals surface area contributed by atoms with Crippen LogP contribution >= 0.6 is 0 Å². The summed E-state index contributed by atoms with van der Waals surface area (Å²) < 4.78 is 1.98. The quantitative estimate of drug-likeness (QED) is 0.475. The van der Waals surface area contributed by atoms with Crippen molar-refractivity contribution in [2.45, 2.75) is 6.54 Å². The zero-order chi connectivity index (χ0) is 17.8. The van der Waals surface area contributed by atoms with E-state index in [1.807, 2.05) is 102 Å². The Bertz CT molecular complexity index is 1060. The first-order valence-corrected chi connectivity index (χ1v) is 8.58. The third-order valence-corrected chi connectivity index (χ3v) is 4.31. The molecule has 0 atom stereocenters. The average molecular weight is 338 g/mol. The monoisotopic (exact) mass is 338 g/mol. The number of Topliss-reactive ketones (excluding diaryl/α,β-unsaturated/α-hetero) is 1. The van der Waals surface area contributed by atoms with E-state index in [1.54, 1.807) is 0 Å². The lowest BCUT2D eigenvalue weighted by Crippen LogP contribution is -2.11. The van der Waals surface area contributed by atoms with Gasteiger partial charge in [0.15, 0.2) is 5.78 Å². The maximum atomic E-state index is 12.7. The molecule has 0 N–H and O–H groups in total. The van der Waals surface area contributed by atoms with Crippen molar-refractivity contribution in [2.75, 3.05) is 0 Å². The van der Waals surface area contributed by atoms with Crippen molar-refractivity contribution in [3.8, 4) is 0 Å². The molecule has 0 aliphatic carbocycles. The highest BCUT2D eigenvalue weighted by Crippen LogP contribution is 2.19. The van der Waals surface area contributed by atoms with Crippen LogP contribution in [-0.4, -0.2) is 15.3 Å². The Kier molecular flexibility index (Phi) is 4.44. The molecule has 3 heteroatoms. The van der Waals surface area contributed by atoms with E-state index < -0.39 is 0 Å². The highest BCUT2D eigenvalue weighted by molar-refractivity contribution is 5.97. The molecule has 0 radical (unpaired) electrons. The van der Waals surface area contributed by atoms with Crippen LogP contribution in [0.15, 0.2) is 84.9 Å². The van der Waals surface area contributed by atoms with E-state index in [0.29, 0.717) is 5.56 Å². The number of rotatable bonds is 5. The van der Waals surface area contributed by atoms with Crippen molar-refractivity contribution >= 4 is 29.0 Å². The Balaban J connectivity index is 1.72. The second-order valence-electron chi connectivity index (χ2n) is 6.08. The minimum Gasteiger partial charge on any atom is -0.317 e. The number of carbonyl (C=O) groups excluding carboxylic acids is 1. The van der Waals surface area contributed by atoms with Crippen LogP contribution in [0.25, 0.3) is 23.2 Å². The molecule has 0 amide bonds. The van der Waals surface area contributed by atoms with Gasteiger partial charge < -0.3 is 4.57 Å². The largest absolute Gasteiger partial charge is 0.317 e. The van der Waals surface area contributed by atoms with Crippen molar-refractivity contribution in [3.05, 3.63) is 102 Å². The summed E-state index contributed by atoms with van der Waals surface area (Å²) in [7, 11) is 0. The molecule has 3 nitrogen and oxygen atoms in total. The fraction of sp³-hybridized carbons (Fsp3) is 0.0435. The summed E-state index contributed by atoms with van der Waals surface area (Å²) in [5.41, 5.74) is 3.66. The van der Waals surface area contributed by atoms with E-state index >= 15 is 0 Å². The van der Waals surface area contributed by atoms with Gasteiger partial charge in [-0.05, 0) is 23.8 Å². The molecule has 0 aliphatic rings. The molecule has 0 spiro atoms.